The third-order valence-electron chi connectivity index (χ3n) is 3.21. The molecule has 0 saturated carbocycles. The Balaban J connectivity index is 1.70. The number of halogens is 1. The van der Waals surface area contributed by atoms with E-state index in [-0.39, 0.29) is 26.4 Å². The van der Waals surface area contributed by atoms with Gasteiger partial charge in [0.05, 0.1) is 4.90 Å². The van der Waals surface area contributed by atoms with E-state index in [0.717, 1.165) is 11.3 Å². The van der Waals surface area contributed by atoms with Gasteiger partial charge in [-0.2, -0.15) is 0 Å². The van der Waals surface area contributed by atoms with Crippen LogP contribution in [0.2, 0.25) is 0 Å². The minimum absolute atomic E-state index is 0.174. The highest BCUT2D eigenvalue weighted by Gasteiger charge is 2.19. The summed E-state index contributed by atoms with van der Waals surface area (Å²) in [5.74, 6) is -1.23. The standard InChI is InChI=1S/C16H12FN3O3S2/c17-12-8-6-11(7-9-12)15(21)18-16-20-19-14(24-16)10-25(22,23)13-4-2-1-3-5-13/h1-9H,10H2,(H,18,20,21). The molecule has 0 aliphatic carbocycles. The number of amides is 1. The van der Waals surface area contributed by atoms with Gasteiger partial charge in [0.15, 0.2) is 9.84 Å². The summed E-state index contributed by atoms with van der Waals surface area (Å²) < 4.78 is 37.5. The summed E-state index contributed by atoms with van der Waals surface area (Å²) in [4.78, 5) is 12.2. The van der Waals surface area contributed by atoms with Crippen molar-refractivity contribution in [2.45, 2.75) is 10.6 Å². The summed E-state index contributed by atoms with van der Waals surface area (Å²) in [6.07, 6.45) is 0. The van der Waals surface area contributed by atoms with Gasteiger partial charge in [0, 0.05) is 5.56 Å². The second-order valence-corrected chi connectivity index (χ2v) is 8.09. The van der Waals surface area contributed by atoms with Gasteiger partial charge in [-0.3, -0.25) is 10.1 Å². The van der Waals surface area contributed by atoms with Crippen LogP contribution in [0.25, 0.3) is 0 Å². The smallest absolute Gasteiger partial charge is 0.257 e. The van der Waals surface area contributed by atoms with Gasteiger partial charge < -0.3 is 0 Å². The molecular weight excluding hydrogens is 365 g/mol. The molecule has 1 aromatic heterocycles. The molecular formula is C16H12FN3O3S2. The maximum atomic E-state index is 12.9. The number of benzene rings is 2. The zero-order chi connectivity index (χ0) is 17.9. The van der Waals surface area contributed by atoms with Crippen LogP contribution in [0.15, 0.2) is 59.5 Å². The number of sulfone groups is 1. The largest absolute Gasteiger partial charge is 0.296 e. The first kappa shape index (κ1) is 17.2. The fourth-order valence-corrected chi connectivity index (χ4v) is 4.36. The number of anilines is 1. The van der Waals surface area contributed by atoms with Crippen molar-refractivity contribution in [2.75, 3.05) is 5.32 Å². The van der Waals surface area contributed by atoms with E-state index in [1.807, 2.05) is 0 Å². The van der Waals surface area contributed by atoms with Gasteiger partial charge in [-0.25, -0.2) is 12.8 Å². The molecule has 1 heterocycles. The lowest BCUT2D eigenvalue weighted by Gasteiger charge is -2.01. The van der Waals surface area contributed by atoms with E-state index in [0.29, 0.717) is 0 Å². The van der Waals surface area contributed by atoms with Crippen LogP contribution in [0.4, 0.5) is 9.52 Å². The van der Waals surface area contributed by atoms with Crippen molar-refractivity contribution in [1.29, 1.82) is 0 Å². The molecule has 0 bridgehead atoms. The molecule has 0 aliphatic heterocycles. The number of hydrogen-bond acceptors (Lipinski definition) is 6. The molecule has 3 aromatic rings. The van der Waals surface area contributed by atoms with Crippen LogP contribution in [0.3, 0.4) is 0 Å². The molecule has 1 amide bonds. The second kappa shape index (κ2) is 7.08. The van der Waals surface area contributed by atoms with Crippen LogP contribution in [-0.2, 0) is 15.6 Å². The number of nitrogens with one attached hydrogen (secondary N) is 1. The number of carbonyl (C=O) groups is 1. The van der Waals surface area contributed by atoms with Crippen molar-refractivity contribution in [3.8, 4) is 0 Å². The second-order valence-electron chi connectivity index (χ2n) is 5.03. The van der Waals surface area contributed by atoms with Crippen molar-refractivity contribution in [2.24, 2.45) is 0 Å². The maximum Gasteiger partial charge on any atom is 0.257 e. The molecule has 2 aromatic carbocycles. The molecule has 0 radical (unpaired) electrons. The topological polar surface area (TPSA) is 89.0 Å². The van der Waals surface area contributed by atoms with Crippen molar-refractivity contribution in [1.82, 2.24) is 10.2 Å². The SMILES string of the molecule is O=C(Nc1nnc(CS(=O)(=O)c2ccccc2)s1)c1ccc(F)cc1. The normalized spacial score (nSPS) is 11.2. The number of aromatic nitrogens is 2. The van der Waals surface area contributed by atoms with Crippen LogP contribution < -0.4 is 5.32 Å². The Bertz CT molecular complexity index is 987. The molecule has 0 fully saturated rings. The first-order valence-corrected chi connectivity index (χ1v) is 9.58. The Morgan fingerprint density at radius 2 is 1.72 bits per heavy atom. The monoisotopic (exact) mass is 377 g/mol. The molecule has 0 aliphatic rings. The zero-order valence-electron chi connectivity index (χ0n) is 12.7. The zero-order valence-corrected chi connectivity index (χ0v) is 14.3. The van der Waals surface area contributed by atoms with Gasteiger partial charge >= 0.3 is 0 Å². The Hall–Kier alpha value is -2.65. The van der Waals surface area contributed by atoms with Crippen molar-refractivity contribution < 1.29 is 17.6 Å². The van der Waals surface area contributed by atoms with Gasteiger partial charge in [-0.1, -0.05) is 29.5 Å². The van der Waals surface area contributed by atoms with Crippen molar-refractivity contribution in [3.05, 3.63) is 71.0 Å². The van der Waals surface area contributed by atoms with Crippen molar-refractivity contribution >= 4 is 32.2 Å². The Kier molecular flexibility index (Phi) is 4.86. The average Bonchev–Trinajstić information content (AvgIpc) is 3.02. The Morgan fingerprint density at radius 1 is 1.04 bits per heavy atom. The lowest BCUT2D eigenvalue weighted by Crippen LogP contribution is -2.11. The maximum absolute atomic E-state index is 12.9. The van der Waals surface area contributed by atoms with Crippen LogP contribution in [0.1, 0.15) is 15.4 Å². The number of nitrogens with zero attached hydrogens (tertiary/aromatic N) is 2. The minimum atomic E-state index is -3.53. The predicted molar refractivity (Wildman–Crippen MR) is 91.6 cm³/mol. The average molecular weight is 377 g/mol. The van der Waals surface area contributed by atoms with E-state index in [4.69, 9.17) is 0 Å². The number of hydrogen-bond donors (Lipinski definition) is 1. The summed E-state index contributed by atoms with van der Waals surface area (Å²) >= 11 is 0.973. The van der Waals surface area contributed by atoms with Crippen LogP contribution in [0, 0.1) is 5.82 Å². The lowest BCUT2D eigenvalue weighted by atomic mass is 10.2. The van der Waals surface area contributed by atoms with Crippen LogP contribution in [0.5, 0.6) is 0 Å². The lowest BCUT2D eigenvalue weighted by molar-refractivity contribution is 0.102. The van der Waals surface area contributed by atoms with E-state index in [1.54, 1.807) is 18.2 Å². The molecule has 3 rings (SSSR count). The van der Waals surface area contributed by atoms with Gasteiger partial charge in [0.25, 0.3) is 5.91 Å². The molecule has 25 heavy (non-hydrogen) atoms. The highest BCUT2D eigenvalue weighted by Crippen LogP contribution is 2.21. The molecule has 0 saturated heterocycles. The number of rotatable bonds is 5. The van der Waals surface area contributed by atoms with E-state index in [1.165, 1.54) is 36.4 Å². The fourth-order valence-electron chi connectivity index (χ4n) is 2.01. The molecule has 128 valence electrons. The number of carbonyl (C=O) groups excluding carboxylic acids is 1. The van der Waals surface area contributed by atoms with Gasteiger partial charge in [0.1, 0.15) is 16.6 Å². The van der Waals surface area contributed by atoms with Gasteiger partial charge in [-0.05, 0) is 36.4 Å². The third-order valence-corrected chi connectivity index (χ3v) is 5.87. The third kappa shape index (κ3) is 4.25. The molecule has 0 spiro atoms. The minimum Gasteiger partial charge on any atom is -0.296 e. The first-order valence-electron chi connectivity index (χ1n) is 7.11. The van der Waals surface area contributed by atoms with Crippen LogP contribution >= 0.6 is 11.3 Å². The summed E-state index contributed by atoms with van der Waals surface area (Å²) in [5.41, 5.74) is 0.259. The predicted octanol–water partition coefficient (Wildman–Crippen LogP) is 2.90. The molecule has 6 nitrogen and oxygen atoms in total. The summed E-state index contributed by atoms with van der Waals surface area (Å²) in [7, 11) is -3.53. The first-order chi connectivity index (χ1) is 11.9. The molecule has 1 N–H and O–H groups in total. The van der Waals surface area contributed by atoms with Crippen molar-refractivity contribution in [3.63, 3.8) is 0 Å². The Labute approximate surface area is 147 Å². The summed E-state index contributed by atoms with van der Waals surface area (Å²) in [6, 6.07) is 13.1. The van der Waals surface area contributed by atoms with Gasteiger partial charge in [0.2, 0.25) is 5.13 Å². The van der Waals surface area contributed by atoms with E-state index >= 15 is 0 Å². The molecule has 0 unspecified atom stereocenters. The van der Waals surface area contributed by atoms with E-state index in [2.05, 4.69) is 15.5 Å². The summed E-state index contributed by atoms with van der Waals surface area (Å²) in [5, 5.41) is 10.5. The molecule has 9 heteroatoms. The highest BCUT2D eigenvalue weighted by molar-refractivity contribution is 7.90. The Morgan fingerprint density at radius 3 is 2.40 bits per heavy atom. The fraction of sp³-hybridized carbons (Fsp3) is 0.0625. The quantitative estimate of drug-likeness (QED) is 0.738. The van der Waals surface area contributed by atoms with Crippen LogP contribution in [-0.4, -0.2) is 24.5 Å². The molecule has 0 atom stereocenters. The van der Waals surface area contributed by atoms with E-state index < -0.39 is 21.6 Å². The van der Waals surface area contributed by atoms with Gasteiger partial charge in [-0.15, -0.1) is 10.2 Å². The highest BCUT2D eigenvalue weighted by atomic mass is 32.2. The summed E-state index contributed by atoms with van der Waals surface area (Å²) in [6.45, 7) is 0. The van der Waals surface area contributed by atoms with E-state index in [9.17, 15) is 17.6 Å².